The molecule has 0 unspecified atom stereocenters. The Kier molecular flexibility index (Phi) is 3.70. The van der Waals surface area contributed by atoms with E-state index in [2.05, 4.69) is 125 Å². The molecule has 0 bridgehead atoms. The van der Waals surface area contributed by atoms with Gasteiger partial charge in [-0.2, -0.15) is 0 Å². The van der Waals surface area contributed by atoms with Crippen molar-refractivity contribution < 1.29 is 0 Å². The van der Waals surface area contributed by atoms with Crippen LogP contribution in [-0.4, -0.2) is 9.55 Å². The van der Waals surface area contributed by atoms with Gasteiger partial charge in [0.2, 0.25) is 0 Å². The lowest BCUT2D eigenvalue weighted by molar-refractivity contribution is 1.20. The predicted octanol–water partition coefficient (Wildman–Crippen LogP) is 9.94. The zero-order valence-corrected chi connectivity index (χ0v) is 20.6. The van der Waals surface area contributed by atoms with Crippen LogP contribution in [-0.2, 0) is 0 Å². The Hall–Kier alpha value is -4.60. The Morgan fingerprint density at radius 2 is 1.19 bits per heavy atom. The average Bonchev–Trinajstić information content (AvgIpc) is 3.59. The molecule has 0 aliphatic carbocycles. The molecule has 0 saturated heterocycles. The van der Waals surface area contributed by atoms with Gasteiger partial charge in [-0.3, -0.25) is 0 Å². The maximum absolute atomic E-state index is 3.63. The van der Waals surface area contributed by atoms with Gasteiger partial charge in [0, 0.05) is 58.1 Å². The molecule has 0 spiro atoms. The SMILES string of the molecule is c1ccc2c(-n3c4ccccc4c4cc5c(cc43)sc3cc4c(cc35)[nH]c3ccccc34)cccc2c1. The van der Waals surface area contributed by atoms with Crippen LogP contribution in [0.15, 0.2) is 115 Å². The number of rotatable bonds is 1. The highest BCUT2D eigenvalue weighted by Gasteiger charge is 2.17. The van der Waals surface area contributed by atoms with Gasteiger partial charge in [-0.1, -0.05) is 72.8 Å². The van der Waals surface area contributed by atoms with Crippen LogP contribution >= 0.6 is 11.3 Å². The average molecular weight is 489 g/mol. The maximum Gasteiger partial charge on any atom is 0.0555 e. The lowest BCUT2D eigenvalue weighted by atomic mass is 10.1. The third-order valence-electron chi connectivity index (χ3n) is 7.90. The van der Waals surface area contributed by atoms with E-state index in [0.29, 0.717) is 0 Å². The zero-order valence-electron chi connectivity index (χ0n) is 19.8. The molecule has 172 valence electrons. The van der Waals surface area contributed by atoms with Gasteiger partial charge in [-0.15, -0.1) is 11.3 Å². The summed E-state index contributed by atoms with van der Waals surface area (Å²) in [5.74, 6) is 0. The number of benzene rings is 6. The smallest absolute Gasteiger partial charge is 0.0555 e. The van der Waals surface area contributed by atoms with E-state index in [4.69, 9.17) is 0 Å². The summed E-state index contributed by atoms with van der Waals surface area (Å²) in [6.07, 6.45) is 0. The molecule has 0 radical (unpaired) electrons. The summed E-state index contributed by atoms with van der Waals surface area (Å²) in [5.41, 5.74) is 6.12. The summed E-state index contributed by atoms with van der Waals surface area (Å²) >= 11 is 1.89. The molecule has 3 aromatic heterocycles. The van der Waals surface area contributed by atoms with Crippen LogP contribution < -0.4 is 0 Å². The van der Waals surface area contributed by atoms with Crippen LogP contribution in [0, 0.1) is 0 Å². The number of fused-ring (bicyclic) bond motifs is 10. The lowest BCUT2D eigenvalue weighted by Crippen LogP contribution is -1.94. The summed E-state index contributed by atoms with van der Waals surface area (Å²) in [6, 6.07) is 42.2. The van der Waals surface area contributed by atoms with Crippen molar-refractivity contribution in [3.63, 3.8) is 0 Å². The Labute approximate surface area is 216 Å². The fraction of sp³-hybridized carbons (Fsp3) is 0. The van der Waals surface area contributed by atoms with E-state index in [1.54, 1.807) is 0 Å². The number of H-pyrrole nitrogens is 1. The number of para-hydroxylation sites is 2. The van der Waals surface area contributed by atoms with Gasteiger partial charge in [0.1, 0.15) is 0 Å². The van der Waals surface area contributed by atoms with Crippen molar-refractivity contribution in [2.45, 2.75) is 0 Å². The van der Waals surface area contributed by atoms with E-state index in [9.17, 15) is 0 Å². The normalized spacial score (nSPS) is 12.3. The third kappa shape index (κ3) is 2.59. The van der Waals surface area contributed by atoms with Crippen LogP contribution in [0.25, 0.3) is 80.2 Å². The third-order valence-corrected chi connectivity index (χ3v) is 9.01. The Balaban J connectivity index is 1.42. The van der Waals surface area contributed by atoms with E-state index in [-0.39, 0.29) is 0 Å². The quantitative estimate of drug-likeness (QED) is 0.237. The van der Waals surface area contributed by atoms with Crippen molar-refractivity contribution in [3.05, 3.63) is 115 Å². The van der Waals surface area contributed by atoms with Crippen LogP contribution in [0.1, 0.15) is 0 Å². The molecular weight excluding hydrogens is 468 g/mol. The van der Waals surface area contributed by atoms with E-state index in [0.717, 1.165) is 0 Å². The molecule has 0 saturated carbocycles. The summed E-state index contributed by atoms with van der Waals surface area (Å²) in [4.78, 5) is 3.63. The topological polar surface area (TPSA) is 20.7 Å². The number of thiophene rings is 1. The molecule has 9 aromatic rings. The molecule has 0 atom stereocenters. The van der Waals surface area contributed by atoms with Crippen molar-refractivity contribution in [2.75, 3.05) is 0 Å². The number of nitrogens with one attached hydrogen (secondary N) is 1. The van der Waals surface area contributed by atoms with Crippen LogP contribution in [0.3, 0.4) is 0 Å². The van der Waals surface area contributed by atoms with Crippen molar-refractivity contribution in [2.24, 2.45) is 0 Å². The van der Waals surface area contributed by atoms with Gasteiger partial charge in [0.25, 0.3) is 0 Å². The predicted molar refractivity (Wildman–Crippen MR) is 161 cm³/mol. The second-order valence-corrected chi connectivity index (χ2v) is 11.0. The summed E-state index contributed by atoms with van der Waals surface area (Å²) in [6.45, 7) is 0. The number of hydrogen-bond donors (Lipinski definition) is 1. The van der Waals surface area contributed by atoms with Crippen molar-refractivity contribution in [1.82, 2.24) is 9.55 Å². The fourth-order valence-electron chi connectivity index (χ4n) is 6.25. The van der Waals surface area contributed by atoms with E-state index >= 15 is 0 Å². The summed E-state index contributed by atoms with van der Waals surface area (Å²) < 4.78 is 5.11. The van der Waals surface area contributed by atoms with E-state index in [1.807, 2.05) is 11.3 Å². The van der Waals surface area contributed by atoms with Gasteiger partial charge >= 0.3 is 0 Å². The minimum absolute atomic E-state index is 1.19. The first-order valence-electron chi connectivity index (χ1n) is 12.6. The molecule has 37 heavy (non-hydrogen) atoms. The van der Waals surface area contributed by atoms with E-state index in [1.165, 1.54) is 80.2 Å². The van der Waals surface area contributed by atoms with Gasteiger partial charge in [0.05, 0.1) is 16.7 Å². The molecule has 9 rings (SSSR count). The molecule has 0 aliphatic rings. The molecule has 6 aromatic carbocycles. The summed E-state index contributed by atoms with van der Waals surface area (Å²) in [5, 5.41) is 10.4. The van der Waals surface area contributed by atoms with E-state index < -0.39 is 0 Å². The number of aromatic amines is 1. The largest absolute Gasteiger partial charge is 0.354 e. The Bertz CT molecular complexity index is 2360. The monoisotopic (exact) mass is 488 g/mol. The molecular formula is C34H20N2S. The maximum atomic E-state index is 3.63. The molecule has 2 nitrogen and oxygen atoms in total. The first-order chi connectivity index (χ1) is 18.3. The molecule has 0 aliphatic heterocycles. The van der Waals surface area contributed by atoms with Crippen molar-refractivity contribution in [3.8, 4) is 5.69 Å². The second kappa shape index (κ2) is 7.00. The molecule has 0 fully saturated rings. The molecule has 0 amide bonds. The zero-order chi connectivity index (χ0) is 24.1. The standard InChI is InChI=1S/C34H20N2S/c1-2-10-21-20(8-1)9-7-15-30(21)36-31-14-6-4-12-23(31)25-16-26-27-17-29-24(22-11-3-5-13-28(22)35-29)18-33(27)37-34(26)19-32(25)36/h1-19,35H. The van der Waals surface area contributed by atoms with Gasteiger partial charge < -0.3 is 9.55 Å². The highest BCUT2D eigenvalue weighted by molar-refractivity contribution is 7.26. The minimum Gasteiger partial charge on any atom is -0.354 e. The number of hydrogen-bond acceptors (Lipinski definition) is 1. The van der Waals surface area contributed by atoms with Crippen LogP contribution in [0.4, 0.5) is 0 Å². The van der Waals surface area contributed by atoms with Crippen molar-refractivity contribution in [1.29, 1.82) is 0 Å². The Morgan fingerprint density at radius 3 is 2.14 bits per heavy atom. The lowest BCUT2D eigenvalue weighted by Gasteiger charge is -2.11. The highest BCUT2D eigenvalue weighted by Crippen LogP contribution is 2.43. The summed E-state index contributed by atoms with van der Waals surface area (Å²) in [7, 11) is 0. The highest BCUT2D eigenvalue weighted by atomic mass is 32.1. The fourth-order valence-corrected chi connectivity index (χ4v) is 7.39. The molecule has 3 heteroatoms. The van der Waals surface area contributed by atoms with Gasteiger partial charge in [0.15, 0.2) is 0 Å². The minimum atomic E-state index is 1.19. The van der Waals surface area contributed by atoms with Gasteiger partial charge in [-0.05, 0) is 47.9 Å². The second-order valence-electron chi connectivity index (χ2n) is 9.88. The van der Waals surface area contributed by atoms with Crippen LogP contribution in [0.2, 0.25) is 0 Å². The Morgan fingerprint density at radius 1 is 0.459 bits per heavy atom. The van der Waals surface area contributed by atoms with Crippen LogP contribution in [0.5, 0.6) is 0 Å². The molecule has 1 N–H and O–H groups in total. The molecule has 3 heterocycles. The van der Waals surface area contributed by atoms with Crippen molar-refractivity contribution >= 4 is 85.9 Å². The first kappa shape index (κ1) is 19.6. The first-order valence-corrected chi connectivity index (χ1v) is 13.4. The number of nitrogens with zero attached hydrogens (tertiary/aromatic N) is 1. The number of aromatic nitrogens is 2. The van der Waals surface area contributed by atoms with Gasteiger partial charge in [-0.25, -0.2) is 0 Å².